The molecule has 0 N–H and O–H groups in total. The zero-order valence-electron chi connectivity index (χ0n) is 16.8. The lowest BCUT2D eigenvalue weighted by Gasteiger charge is -2.37. The summed E-state index contributed by atoms with van der Waals surface area (Å²) in [7, 11) is 0. The van der Waals surface area contributed by atoms with Gasteiger partial charge in [0.15, 0.2) is 11.5 Å². The first-order valence-corrected chi connectivity index (χ1v) is 10.1. The van der Waals surface area contributed by atoms with Crippen LogP contribution >= 0.6 is 0 Å². The first kappa shape index (κ1) is 19.3. The van der Waals surface area contributed by atoms with Gasteiger partial charge in [-0.3, -0.25) is 9.59 Å². The Morgan fingerprint density at radius 3 is 2.17 bits per heavy atom. The van der Waals surface area contributed by atoms with Crippen molar-refractivity contribution >= 4 is 11.8 Å². The fourth-order valence-electron chi connectivity index (χ4n) is 3.67. The lowest BCUT2D eigenvalue weighted by atomic mass is 10.0. The minimum Gasteiger partial charge on any atom is -0.485 e. The summed E-state index contributed by atoms with van der Waals surface area (Å²) in [6, 6.07) is 15.2. The number of rotatable bonds is 3. The number of amides is 2. The fourth-order valence-corrected chi connectivity index (χ4v) is 3.67. The SMILES string of the molecule is CC(C)c1ccc(C(=O)N2CCN(C(=O)C3COc4ccccc4O3)CC2)cc1. The van der Waals surface area contributed by atoms with Crippen molar-refractivity contribution < 1.29 is 19.1 Å². The Labute approximate surface area is 171 Å². The van der Waals surface area contributed by atoms with E-state index in [0.717, 1.165) is 0 Å². The van der Waals surface area contributed by atoms with Gasteiger partial charge in [0, 0.05) is 31.7 Å². The molecule has 6 heteroatoms. The molecule has 0 bridgehead atoms. The monoisotopic (exact) mass is 394 g/mol. The highest BCUT2D eigenvalue weighted by Crippen LogP contribution is 2.31. The van der Waals surface area contributed by atoms with Gasteiger partial charge in [0.25, 0.3) is 11.8 Å². The van der Waals surface area contributed by atoms with Gasteiger partial charge in [-0.2, -0.15) is 0 Å². The summed E-state index contributed by atoms with van der Waals surface area (Å²) >= 11 is 0. The number of fused-ring (bicyclic) bond motifs is 1. The molecule has 2 aliphatic heterocycles. The van der Waals surface area contributed by atoms with Gasteiger partial charge in [-0.15, -0.1) is 0 Å². The molecule has 1 fully saturated rings. The number of hydrogen-bond donors (Lipinski definition) is 0. The predicted molar refractivity (Wildman–Crippen MR) is 109 cm³/mol. The maximum atomic E-state index is 12.8. The number of ether oxygens (including phenoxy) is 2. The number of hydrogen-bond acceptors (Lipinski definition) is 4. The Balaban J connectivity index is 1.33. The van der Waals surface area contributed by atoms with Crippen LogP contribution in [0.2, 0.25) is 0 Å². The second-order valence-corrected chi connectivity index (χ2v) is 7.76. The van der Waals surface area contributed by atoms with Crippen LogP contribution in [0.15, 0.2) is 48.5 Å². The highest BCUT2D eigenvalue weighted by molar-refractivity contribution is 5.94. The summed E-state index contributed by atoms with van der Waals surface area (Å²) < 4.78 is 11.5. The third-order valence-electron chi connectivity index (χ3n) is 5.49. The van der Waals surface area contributed by atoms with E-state index in [1.807, 2.05) is 47.4 Å². The molecule has 0 aromatic heterocycles. The van der Waals surface area contributed by atoms with Crippen LogP contribution in [-0.2, 0) is 4.79 Å². The van der Waals surface area contributed by atoms with Crippen LogP contribution in [0.4, 0.5) is 0 Å². The van der Waals surface area contributed by atoms with E-state index in [-0.39, 0.29) is 18.4 Å². The zero-order valence-corrected chi connectivity index (χ0v) is 16.8. The molecule has 0 spiro atoms. The average molecular weight is 394 g/mol. The highest BCUT2D eigenvalue weighted by atomic mass is 16.6. The summed E-state index contributed by atoms with van der Waals surface area (Å²) in [6.45, 7) is 6.49. The number of benzene rings is 2. The Morgan fingerprint density at radius 1 is 0.897 bits per heavy atom. The predicted octanol–water partition coefficient (Wildman–Crippen LogP) is 2.93. The van der Waals surface area contributed by atoms with Crippen LogP contribution < -0.4 is 9.47 Å². The number of carbonyl (C=O) groups is 2. The second kappa shape index (κ2) is 8.15. The van der Waals surface area contributed by atoms with Crippen LogP contribution in [0, 0.1) is 0 Å². The molecule has 152 valence electrons. The van der Waals surface area contributed by atoms with Crippen LogP contribution in [0.1, 0.15) is 35.7 Å². The van der Waals surface area contributed by atoms with Crippen molar-refractivity contribution in [1.29, 1.82) is 0 Å². The summed E-state index contributed by atoms with van der Waals surface area (Å²) in [5.74, 6) is 1.62. The minimum atomic E-state index is -0.643. The minimum absolute atomic E-state index is 0.0126. The van der Waals surface area contributed by atoms with Crippen LogP contribution in [0.25, 0.3) is 0 Å². The molecule has 2 aliphatic rings. The first-order chi connectivity index (χ1) is 14.0. The normalized spacial score (nSPS) is 18.7. The summed E-state index contributed by atoms with van der Waals surface area (Å²) in [4.78, 5) is 29.2. The topological polar surface area (TPSA) is 59.1 Å². The van der Waals surface area contributed by atoms with Gasteiger partial charge < -0.3 is 19.3 Å². The van der Waals surface area contributed by atoms with E-state index in [4.69, 9.17) is 9.47 Å². The smallest absolute Gasteiger partial charge is 0.267 e. The maximum Gasteiger partial charge on any atom is 0.267 e. The van der Waals surface area contributed by atoms with E-state index in [9.17, 15) is 9.59 Å². The molecule has 2 amide bonds. The van der Waals surface area contributed by atoms with E-state index in [2.05, 4.69) is 13.8 Å². The molecular formula is C23H26N2O4. The molecule has 0 aliphatic carbocycles. The van der Waals surface area contributed by atoms with E-state index >= 15 is 0 Å². The van der Waals surface area contributed by atoms with E-state index in [1.165, 1.54) is 5.56 Å². The largest absolute Gasteiger partial charge is 0.485 e. The standard InChI is InChI=1S/C23H26N2O4/c1-16(2)17-7-9-18(10-8-17)22(26)24-11-13-25(14-12-24)23(27)21-15-28-19-5-3-4-6-20(19)29-21/h3-10,16,21H,11-15H2,1-2H3. The number of carbonyl (C=O) groups excluding carboxylic acids is 2. The summed E-state index contributed by atoms with van der Waals surface area (Å²) in [5.41, 5.74) is 1.91. The van der Waals surface area contributed by atoms with Crippen molar-refractivity contribution in [3.05, 3.63) is 59.7 Å². The van der Waals surface area contributed by atoms with Gasteiger partial charge in [0.2, 0.25) is 6.10 Å². The Bertz CT molecular complexity index is 886. The fraction of sp³-hybridized carbons (Fsp3) is 0.391. The molecule has 0 radical (unpaired) electrons. The first-order valence-electron chi connectivity index (χ1n) is 10.1. The van der Waals surface area contributed by atoms with Crippen LogP contribution in [0.5, 0.6) is 11.5 Å². The number of nitrogens with zero attached hydrogens (tertiary/aromatic N) is 2. The molecule has 2 aromatic carbocycles. The lowest BCUT2D eigenvalue weighted by molar-refractivity contribution is -0.142. The van der Waals surface area contributed by atoms with Crippen molar-refractivity contribution in [2.75, 3.05) is 32.8 Å². The van der Waals surface area contributed by atoms with Crippen molar-refractivity contribution in [2.24, 2.45) is 0 Å². The maximum absolute atomic E-state index is 12.8. The molecule has 0 saturated carbocycles. The van der Waals surface area contributed by atoms with Gasteiger partial charge in [-0.05, 0) is 35.7 Å². The van der Waals surface area contributed by atoms with Crippen LogP contribution in [-0.4, -0.2) is 60.5 Å². The third kappa shape index (κ3) is 4.06. The summed E-state index contributed by atoms with van der Waals surface area (Å²) in [5, 5.41) is 0. The zero-order chi connectivity index (χ0) is 20.4. The number of para-hydroxylation sites is 2. The van der Waals surface area contributed by atoms with E-state index < -0.39 is 6.10 Å². The quantitative estimate of drug-likeness (QED) is 0.803. The molecule has 4 rings (SSSR count). The molecule has 29 heavy (non-hydrogen) atoms. The molecule has 1 unspecified atom stereocenters. The van der Waals surface area contributed by atoms with Gasteiger partial charge in [-0.25, -0.2) is 0 Å². The Kier molecular flexibility index (Phi) is 5.43. The number of piperazine rings is 1. The van der Waals surface area contributed by atoms with Crippen molar-refractivity contribution in [1.82, 2.24) is 9.80 Å². The van der Waals surface area contributed by atoms with E-state index in [0.29, 0.717) is 49.2 Å². The summed E-state index contributed by atoms with van der Waals surface area (Å²) in [6.07, 6.45) is -0.643. The molecule has 2 heterocycles. The highest BCUT2D eigenvalue weighted by Gasteiger charge is 2.33. The molecule has 1 atom stereocenters. The van der Waals surface area contributed by atoms with Gasteiger partial charge >= 0.3 is 0 Å². The molecule has 1 saturated heterocycles. The molecule has 2 aromatic rings. The van der Waals surface area contributed by atoms with E-state index in [1.54, 1.807) is 11.0 Å². The molecular weight excluding hydrogens is 368 g/mol. The molecule has 6 nitrogen and oxygen atoms in total. The van der Waals surface area contributed by atoms with Crippen molar-refractivity contribution in [3.8, 4) is 11.5 Å². The Morgan fingerprint density at radius 2 is 1.52 bits per heavy atom. The Hall–Kier alpha value is -3.02. The lowest BCUT2D eigenvalue weighted by Crippen LogP contribution is -2.55. The third-order valence-corrected chi connectivity index (χ3v) is 5.49. The second-order valence-electron chi connectivity index (χ2n) is 7.76. The average Bonchev–Trinajstić information content (AvgIpc) is 2.78. The van der Waals surface area contributed by atoms with Crippen molar-refractivity contribution in [3.63, 3.8) is 0 Å². The van der Waals surface area contributed by atoms with Gasteiger partial charge in [0.05, 0.1) is 0 Å². The van der Waals surface area contributed by atoms with Crippen molar-refractivity contribution in [2.45, 2.75) is 25.9 Å². The van der Waals surface area contributed by atoms with Crippen LogP contribution in [0.3, 0.4) is 0 Å². The van der Waals surface area contributed by atoms with Gasteiger partial charge in [0.1, 0.15) is 6.61 Å². The van der Waals surface area contributed by atoms with Gasteiger partial charge in [-0.1, -0.05) is 38.1 Å².